The van der Waals surface area contributed by atoms with Gasteiger partial charge in [0, 0.05) is 38.4 Å². The van der Waals surface area contributed by atoms with Crippen molar-refractivity contribution in [2.45, 2.75) is 44.4 Å². The van der Waals surface area contributed by atoms with Crippen LogP contribution >= 0.6 is 11.6 Å². The molecule has 0 aliphatic carbocycles. The Hall–Kier alpha value is -2.48. The number of hydrogen-bond donors (Lipinski definition) is 1. The first-order chi connectivity index (χ1) is 17.0. The Morgan fingerprint density at radius 2 is 1.86 bits per heavy atom. The number of hydroxylamine groups is 2. The van der Waals surface area contributed by atoms with E-state index in [0.717, 1.165) is 22.5 Å². The van der Waals surface area contributed by atoms with Crippen molar-refractivity contribution in [3.63, 3.8) is 0 Å². The van der Waals surface area contributed by atoms with Gasteiger partial charge in [-0.1, -0.05) is 11.6 Å². The van der Waals surface area contributed by atoms with Gasteiger partial charge in [0.2, 0.25) is 10.0 Å². The molecule has 1 N–H and O–H groups in total. The zero-order chi connectivity index (χ0) is 26.3. The Labute approximate surface area is 211 Å². The van der Waals surface area contributed by atoms with Gasteiger partial charge in [-0.15, -0.1) is 0 Å². The Morgan fingerprint density at radius 3 is 2.47 bits per heavy atom. The molecule has 9 nitrogen and oxygen atoms in total. The summed E-state index contributed by atoms with van der Waals surface area (Å²) in [4.78, 5) is 20.4. The molecule has 1 aliphatic heterocycles. The van der Waals surface area contributed by atoms with Crippen molar-refractivity contribution in [2.75, 3.05) is 25.4 Å². The minimum absolute atomic E-state index is 0.0228. The summed E-state index contributed by atoms with van der Waals surface area (Å²) in [6, 6.07) is 4.47. The van der Waals surface area contributed by atoms with Crippen molar-refractivity contribution >= 4 is 27.5 Å². The first-order valence-electron chi connectivity index (χ1n) is 11.2. The fraction of sp³-hybridized carbons (Fsp3) is 0.500. The van der Waals surface area contributed by atoms with Crippen LogP contribution in [0.4, 0.5) is 13.2 Å². The summed E-state index contributed by atoms with van der Waals surface area (Å²) in [7, 11) is -3.97. The van der Waals surface area contributed by atoms with E-state index in [-0.39, 0.29) is 43.2 Å². The van der Waals surface area contributed by atoms with Gasteiger partial charge in [-0.2, -0.15) is 13.2 Å². The monoisotopic (exact) mass is 550 g/mol. The largest absolute Gasteiger partial charge is 0.489 e. The van der Waals surface area contributed by atoms with Crippen LogP contribution in [0, 0.1) is 0 Å². The van der Waals surface area contributed by atoms with Gasteiger partial charge in [-0.05, 0) is 49.9 Å². The van der Waals surface area contributed by atoms with Crippen molar-refractivity contribution in [1.29, 1.82) is 0 Å². The number of carbonyl (C=O) groups excluding carboxylic acids is 1. The van der Waals surface area contributed by atoms with E-state index >= 15 is 0 Å². The van der Waals surface area contributed by atoms with Crippen LogP contribution in [0.1, 0.15) is 37.1 Å². The lowest BCUT2D eigenvalue weighted by Crippen LogP contribution is -2.45. The molecule has 3 rings (SSSR count). The summed E-state index contributed by atoms with van der Waals surface area (Å²) in [5.74, 6) is -1.08. The smallest absolute Gasteiger partial charge is 0.416 e. The van der Waals surface area contributed by atoms with E-state index in [9.17, 15) is 31.6 Å². The average Bonchev–Trinajstić information content (AvgIpc) is 2.83. The summed E-state index contributed by atoms with van der Waals surface area (Å²) in [6.07, 6.45) is 0.389. The number of alkyl halides is 3. The van der Waals surface area contributed by atoms with Crippen molar-refractivity contribution in [3.8, 4) is 5.75 Å². The number of aromatic nitrogens is 2. The van der Waals surface area contributed by atoms with Crippen LogP contribution in [0.3, 0.4) is 0 Å². The molecule has 2 heterocycles. The van der Waals surface area contributed by atoms with Crippen molar-refractivity contribution < 1.29 is 36.3 Å². The molecule has 14 heteroatoms. The lowest BCUT2D eigenvalue weighted by Gasteiger charge is -2.31. The Morgan fingerprint density at radius 1 is 1.19 bits per heavy atom. The molecule has 2 aromatic rings. The molecule has 0 unspecified atom stereocenters. The number of nitrogens with zero attached hydrogens (tertiary/aromatic N) is 4. The zero-order valence-corrected chi connectivity index (χ0v) is 20.8. The fourth-order valence-corrected chi connectivity index (χ4v) is 5.27. The molecular weight excluding hydrogens is 525 g/mol. The summed E-state index contributed by atoms with van der Waals surface area (Å²) in [5, 5.41) is 10.2. The molecule has 0 radical (unpaired) electrons. The standard InChI is InChI=1S/C22H26ClF3N4O5S/c23-18-14-16(22(24,25)26)5-6-19(18)35-17-7-12-29(13-8-17)36(33,34)15-21(31)30(32)11-2-1-4-20-27-9-3-10-28-20/h3,5-6,9-10,14,17,32H,1-2,4,7-8,11-13,15H2. The molecule has 198 valence electrons. The van der Waals surface area contributed by atoms with Gasteiger partial charge in [0.1, 0.15) is 23.4 Å². The maximum Gasteiger partial charge on any atom is 0.416 e. The number of hydrogen-bond acceptors (Lipinski definition) is 7. The molecule has 1 aromatic carbocycles. The predicted octanol–water partition coefficient (Wildman–Crippen LogP) is 3.56. The third-order valence-corrected chi connectivity index (χ3v) is 7.64. The number of unbranched alkanes of at least 4 members (excludes halogenated alkanes) is 1. The minimum Gasteiger partial charge on any atom is -0.489 e. The maximum absolute atomic E-state index is 12.8. The number of ether oxygens (including phenoxy) is 1. The molecule has 36 heavy (non-hydrogen) atoms. The Bertz CT molecular complexity index is 1130. The molecule has 0 bridgehead atoms. The molecule has 1 amide bonds. The molecule has 0 saturated carbocycles. The number of piperidine rings is 1. The molecule has 1 aromatic heterocycles. The van der Waals surface area contributed by atoms with E-state index in [1.54, 1.807) is 18.5 Å². The summed E-state index contributed by atoms with van der Waals surface area (Å²) in [6.45, 7) is 0.0903. The van der Waals surface area contributed by atoms with Gasteiger partial charge in [-0.3, -0.25) is 10.0 Å². The number of benzene rings is 1. The van der Waals surface area contributed by atoms with Crippen molar-refractivity contribution in [3.05, 3.63) is 53.1 Å². The topological polar surface area (TPSA) is 113 Å². The van der Waals surface area contributed by atoms with Crippen LogP contribution in [0.5, 0.6) is 5.75 Å². The number of sulfonamides is 1. The highest BCUT2D eigenvalue weighted by molar-refractivity contribution is 7.89. The molecule has 1 saturated heterocycles. The van der Waals surface area contributed by atoms with Crippen LogP contribution in [-0.4, -0.2) is 70.4 Å². The number of carbonyl (C=O) groups is 1. The number of aryl methyl sites for hydroxylation is 1. The third kappa shape index (κ3) is 8.02. The Balaban J connectivity index is 1.43. The Kier molecular flexibility index (Phi) is 9.50. The first-order valence-corrected chi connectivity index (χ1v) is 13.2. The van der Waals surface area contributed by atoms with Crippen LogP contribution in [0.15, 0.2) is 36.7 Å². The van der Waals surface area contributed by atoms with E-state index in [2.05, 4.69) is 9.97 Å². The predicted molar refractivity (Wildman–Crippen MR) is 124 cm³/mol. The summed E-state index contributed by atoms with van der Waals surface area (Å²) >= 11 is 5.92. The summed E-state index contributed by atoms with van der Waals surface area (Å²) in [5.41, 5.74) is -0.895. The van der Waals surface area contributed by atoms with E-state index in [0.29, 0.717) is 30.2 Å². The van der Waals surface area contributed by atoms with Gasteiger partial charge in [-0.25, -0.2) is 27.8 Å². The SMILES string of the molecule is O=C(CS(=O)(=O)N1CCC(Oc2ccc(C(F)(F)F)cc2Cl)CC1)N(O)CCCCc1ncccn1. The second-order valence-electron chi connectivity index (χ2n) is 8.25. The van der Waals surface area contributed by atoms with E-state index in [1.165, 1.54) is 0 Å². The fourth-order valence-electron chi connectivity index (χ4n) is 3.63. The highest BCUT2D eigenvalue weighted by Gasteiger charge is 2.33. The van der Waals surface area contributed by atoms with Gasteiger partial charge in [0.05, 0.1) is 10.6 Å². The van der Waals surface area contributed by atoms with Crippen molar-refractivity contribution in [2.24, 2.45) is 0 Å². The van der Waals surface area contributed by atoms with Gasteiger partial charge >= 0.3 is 6.18 Å². The molecule has 1 aliphatic rings. The van der Waals surface area contributed by atoms with Gasteiger partial charge in [0.25, 0.3) is 5.91 Å². The summed E-state index contributed by atoms with van der Waals surface area (Å²) < 4.78 is 70.5. The molecule has 1 fully saturated rings. The molecule has 0 spiro atoms. The van der Waals surface area contributed by atoms with E-state index < -0.39 is 39.5 Å². The normalized spacial score (nSPS) is 15.6. The third-order valence-electron chi connectivity index (χ3n) is 5.58. The van der Waals surface area contributed by atoms with Crippen LogP contribution in [0.25, 0.3) is 0 Å². The van der Waals surface area contributed by atoms with E-state index in [1.807, 2.05) is 0 Å². The van der Waals surface area contributed by atoms with Gasteiger partial charge < -0.3 is 4.74 Å². The van der Waals surface area contributed by atoms with Crippen LogP contribution in [0.2, 0.25) is 5.02 Å². The van der Waals surface area contributed by atoms with E-state index in [4.69, 9.17) is 16.3 Å². The highest BCUT2D eigenvalue weighted by Crippen LogP contribution is 2.35. The van der Waals surface area contributed by atoms with Crippen molar-refractivity contribution in [1.82, 2.24) is 19.3 Å². The minimum atomic E-state index is -4.53. The maximum atomic E-state index is 12.8. The van der Waals surface area contributed by atoms with Crippen LogP contribution in [-0.2, 0) is 27.4 Å². The molecule has 0 atom stereocenters. The quantitative estimate of drug-likeness (QED) is 0.273. The highest BCUT2D eigenvalue weighted by atomic mass is 35.5. The van der Waals surface area contributed by atoms with Gasteiger partial charge in [0.15, 0.2) is 0 Å². The number of amides is 1. The number of halogens is 4. The van der Waals surface area contributed by atoms with Crippen LogP contribution < -0.4 is 4.74 Å². The second kappa shape index (κ2) is 12.2. The number of rotatable bonds is 10. The lowest BCUT2D eigenvalue weighted by molar-refractivity contribution is -0.162. The molecular formula is C22H26ClF3N4O5S. The first kappa shape index (κ1) is 28.1. The zero-order valence-electron chi connectivity index (χ0n) is 19.2. The lowest BCUT2D eigenvalue weighted by atomic mass is 10.1. The average molecular weight is 551 g/mol. The second-order valence-corrected chi connectivity index (χ2v) is 10.6.